The molecule has 1 aliphatic rings. The minimum atomic E-state index is -0.608. The van der Waals surface area contributed by atoms with Crippen molar-refractivity contribution < 1.29 is 29.3 Å². The number of benzene rings is 2. The van der Waals surface area contributed by atoms with Crippen molar-refractivity contribution in [3.8, 4) is 16.9 Å². The van der Waals surface area contributed by atoms with Gasteiger partial charge in [0.1, 0.15) is 18.4 Å². The van der Waals surface area contributed by atoms with Crippen molar-refractivity contribution >= 4 is 12.1 Å². The van der Waals surface area contributed by atoms with E-state index >= 15 is 0 Å². The predicted molar refractivity (Wildman–Crippen MR) is 146 cm³/mol. The van der Waals surface area contributed by atoms with Gasteiger partial charge in [0.2, 0.25) is 0 Å². The third-order valence-corrected chi connectivity index (χ3v) is 7.14. The number of pyridine rings is 1. The number of amides is 1. The molecule has 0 fully saturated rings. The van der Waals surface area contributed by atoms with Gasteiger partial charge in [0.05, 0.1) is 19.4 Å². The molecule has 4 rings (SSSR count). The first-order valence-corrected chi connectivity index (χ1v) is 13.1. The van der Waals surface area contributed by atoms with Crippen LogP contribution in [0, 0.1) is 6.92 Å². The molecule has 9 heteroatoms. The van der Waals surface area contributed by atoms with Crippen LogP contribution in [0.4, 0.5) is 4.79 Å². The summed E-state index contributed by atoms with van der Waals surface area (Å²) in [7, 11) is 1.32. The lowest BCUT2D eigenvalue weighted by Crippen LogP contribution is -2.37. The van der Waals surface area contributed by atoms with Crippen molar-refractivity contribution in [2.24, 2.45) is 0 Å². The number of hydrogen-bond acceptors (Lipinski definition) is 8. The average molecular weight is 534 g/mol. The van der Waals surface area contributed by atoms with Gasteiger partial charge in [-0.1, -0.05) is 48.5 Å². The number of aromatic hydroxyl groups is 1. The van der Waals surface area contributed by atoms with E-state index in [1.807, 2.05) is 24.3 Å². The summed E-state index contributed by atoms with van der Waals surface area (Å²) in [5, 5.41) is 25.8. The highest BCUT2D eigenvalue weighted by atomic mass is 16.5. The van der Waals surface area contributed by atoms with Crippen LogP contribution in [0.2, 0.25) is 0 Å². The van der Waals surface area contributed by atoms with Gasteiger partial charge in [0.25, 0.3) is 0 Å². The second kappa shape index (κ2) is 13.2. The van der Waals surface area contributed by atoms with Gasteiger partial charge in [-0.2, -0.15) is 0 Å². The second-order valence-corrected chi connectivity index (χ2v) is 9.56. The molecule has 206 valence electrons. The maximum atomic E-state index is 12.4. The summed E-state index contributed by atoms with van der Waals surface area (Å²) in [5.74, 6) is -0.426. The van der Waals surface area contributed by atoms with Crippen molar-refractivity contribution in [1.29, 1.82) is 0 Å². The van der Waals surface area contributed by atoms with Crippen LogP contribution < -0.4 is 10.6 Å². The number of hydrogen-bond donors (Lipinski definition) is 4. The maximum Gasteiger partial charge on any atom is 0.407 e. The summed E-state index contributed by atoms with van der Waals surface area (Å²) in [6.07, 6.45) is 2.79. The summed E-state index contributed by atoms with van der Waals surface area (Å²) in [6.45, 7) is 2.22. The van der Waals surface area contributed by atoms with Gasteiger partial charge in [0, 0.05) is 36.3 Å². The molecule has 1 amide bonds. The van der Waals surface area contributed by atoms with Gasteiger partial charge >= 0.3 is 12.1 Å². The Morgan fingerprint density at radius 3 is 2.36 bits per heavy atom. The van der Waals surface area contributed by atoms with Gasteiger partial charge in [-0.05, 0) is 48.4 Å². The zero-order chi connectivity index (χ0) is 27.8. The standard InChI is InChI=1S/C30H35N3O6/c1-19-28(35)25(20(17-34)15-32-19)16-33-27(29(36)38-2)13-7-8-14-31-30(37)39-18-26-23-11-5-3-9-21(23)22-10-4-6-12-24(22)26/h3-6,9-12,15,26-27,33-35H,7-8,13-14,16-18H2,1-2H3,(H,31,37). The Bertz CT molecular complexity index is 1270. The number of aryl methyl sites for hydroxylation is 1. The number of unbranched alkanes of at least 4 members (excludes halogenated alkanes) is 1. The number of nitrogens with zero attached hydrogens (tertiary/aromatic N) is 1. The first kappa shape index (κ1) is 28.1. The number of ether oxygens (including phenoxy) is 2. The van der Waals surface area contributed by atoms with Crippen molar-refractivity contribution in [3.63, 3.8) is 0 Å². The van der Waals surface area contributed by atoms with Gasteiger partial charge in [-0.15, -0.1) is 0 Å². The normalized spacial score (nSPS) is 12.9. The molecule has 0 bridgehead atoms. The smallest absolute Gasteiger partial charge is 0.407 e. The first-order chi connectivity index (χ1) is 18.9. The highest BCUT2D eigenvalue weighted by Crippen LogP contribution is 2.44. The fourth-order valence-electron chi connectivity index (χ4n) is 5.00. The van der Waals surface area contributed by atoms with Crippen molar-refractivity contribution in [2.45, 2.75) is 51.3 Å². The molecule has 1 aliphatic carbocycles. The van der Waals surface area contributed by atoms with Crippen molar-refractivity contribution in [1.82, 2.24) is 15.6 Å². The van der Waals surface area contributed by atoms with Gasteiger partial charge in [0.15, 0.2) is 0 Å². The quantitative estimate of drug-likeness (QED) is 0.204. The van der Waals surface area contributed by atoms with Gasteiger partial charge < -0.3 is 30.3 Å². The molecule has 1 heterocycles. The number of fused-ring (bicyclic) bond motifs is 3. The number of rotatable bonds is 12. The minimum absolute atomic E-state index is 0.00464. The third kappa shape index (κ3) is 6.55. The minimum Gasteiger partial charge on any atom is -0.506 e. The summed E-state index contributed by atoms with van der Waals surface area (Å²) in [5.41, 5.74) is 6.11. The van der Waals surface area contributed by atoms with Crippen LogP contribution in [-0.4, -0.2) is 53.6 Å². The van der Waals surface area contributed by atoms with Crippen LogP contribution in [0.1, 0.15) is 53.1 Å². The van der Waals surface area contributed by atoms with Gasteiger partial charge in [-0.25, -0.2) is 4.79 Å². The van der Waals surface area contributed by atoms with E-state index in [2.05, 4.69) is 39.9 Å². The molecule has 2 aromatic carbocycles. The molecule has 0 aliphatic heterocycles. The largest absolute Gasteiger partial charge is 0.506 e. The number of aliphatic hydroxyl groups is 1. The van der Waals surface area contributed by atoms with Crippen molar-refractivity contribution in [2.75, 3.05) is 20.3 Å². The fraction of sp³-hybridized carbons (Fsp3) is 0.367. The maximum absolute atomic E-state index is 12.4. The SMILES string of the molecule is COC(=O)C(CCCCNC(=O)OCC1c2ccccc2-c2ccccc21)NCc1c(CO)cnc(C)c1O. The van der Waals surface area contributed by atoms with E-state index < -0.39 is 18.1 Å². The molecule has 0 saturated carbocycles. The molecular formula is C30H35N3O6. The van der Waals surface area contributed by atoms with Crippen LogP contribution in [0.15, 0.2) is 54.7 Å². The Balaban J connectivity index is 1.22. The average Bonchev–Trinajstić information content (AvgIpc) is 3.28. The zero-order valence-corrected chi connectivity index (χ0v) is 22.3. The molecule has 1 aromatic heterocycles. The summed E-state index contributed by atoms with van der Waals surface area (Å²) < 4.78 is 10.5. The van der Waals surface area contributed by atoms with E-state index in [0.29, 0.717) is 42.6 Å². The topological polar surface area (TPSA) is 130 Å². The number of esters is 1. The third-order valence-electron chi connectivity index (χ3n) is 7.14. The van der Waals surface area contributed by atoms with Crippen LogP contribution in [0.5, 0.6) is 5.75 Å². The lowest BCUT2D eigenvalue weighted by Gasteiger charge is -2.18. The number of alkyl carbamates (subject to hydrolysis) is 1. The number of aromatic nitrogens is 1. The highest BCUT2D eigenvalue weighted by Gasteiger charge is 2.29. The predicted octanol–water partition coefficient (Wildman–Crippen LogP) is 3.93. The van der Waals surface area contributed by atoms with Crippen LogP contribution in [0.25, 0.3) is 11.1 Å². The molecule has 3 aromatic rings. The molecular weight excluding hydrogens is 498 g/mol. The zero-order valence-electron chi connectivity index (χ0n) is 22.3. The molecule has 39 heavy (non-hydrogen) atoms. The molecule has 1 atom stereocenters. The molecule has 1 unspecified atom stereocenters. The highest BCUT2D eigenvalue weighted by molar-refractivity contribution is 5.79. The number of nitrogens with one attached hydrogen (secondary N) is 2. The number of carbonyl (C=O) groups is 2. The van der Waals surface area contributed by atoms with E-state index in [4.69, 9.17) is 9.47 Å². The lowest BCUT2D eigenvalue weighted by molar-refractivity contribution is -0.143. The molecule has 4 N–H and O–H groups in total. The second-order valence-electron chi connectivity index (χ2n) is 9.56. The van der Waals surface area contributed by atoms with E-state index in [1.54, 1.807) is 6.92 Å². The molecule has 0 radical (unpaired) electrons. The van der Waals surface area contributed by atoms with E-state index in [0.717, 1.165) is 11.1 Å². The summed E-state index contributed by atoms with van der Waals surface area (Å²) in [6, 6.07) is 15.8. The monoisotopic (exact) mass is 533 g/mol. The Morgan fingerprint density at radius 1 is 1.05 bits per heavy atom. The Hall–Kier alpha value is -3.95. The summed E-state index contributed by atoms with van der Waals surface area (Å²) >= 11 is 0. The van der Waals surface area contributed by atoms with Crippen LogP contribution in [-0.2, 0) is 27.4 Å². The Kier molecular flexibility index (Phi) is 9.51. The fourth-order valence-corrected chi connectivity index (χ4v) is 5.00. The van der Waals surface area contributed by atoms with E-state index in [1.165, 1.54) is 24.4 Å². The lowest BCUT2D eigenvalue weighted by atomic mass is 9.98. The Labute approximate surface area is 228 Å². The van der Waals surface area contributed by atoms with Crippen LogP contribution >= 0.6 is 0 Å². The first-order valence-electron chi connectivity index (χ1n) is 13.1. The number of methoxy groups -OCH3 is 1. The number of carbonyl (C=O) groups excluding carboxylic acids is 2. The van der Waals surface area contributed by atoms with Gasteiger partial charge in [-0.3, -0.25) is 9.78 Å². The Morgan fingerprint density at radius 2 is 1.72 bits per heavy atom. The van der Waals surface area contributed by atoms with E-state index in [-0.39, 0.29) is 31.4 Å². The van der Waals surface area contributed by atoms with E-state index in [9.17, 15) is 19.8 Å². The summed E-state index contributed by atoms with van der Waals surface area (Å²) in [4.78, 5) is 28.7. The number of aliphatic hydroxyl groups excluding tert-OH is 1. The molecule has 9 nitrogen and oxygen atoms in total. The van der Waals surface area contributed by atoms with Crippen LogP contribution in [0.3, 0.4) is 0 Å². The molecule has 0 spiro atoms. The van der Waals surface area contributed by atoms with Crippen molar-refractivity contribution in [3.05, 3.63) is 82.7 Å². The molecule has 0 saturated heterocycles.